The number of likely N-dealkylation sites (tertiary alicyclic amines) is 1. The van der Waals surface area contributed by atoms with Crippen LogP contribution in [0.4, 0.5) is 0 Å². The molecule has 0 spiro atoms. The Morgan fingerprint density at radius 1 is 1.25 bits per heavy atom. The number of aliphatic hydroxyl groups is 1. The third kappa shape index (κ3) is 4.59. The Bertz CT molecular complexity index is 498. The third-order valence-corrected chi connectivity index (χ3v) is 5.22. The van der Waals surface area contributed by atoms with Crippen molar-refractivity contribution in [1.82, 2.24) is 14.7 Å². The van der Waals surface area contributed by atoms with Gasteiger partial charge in [-0.1, -0.05) is 0 Å². The van der Waals surface area contributed by atoms with E-state index < -0.39 is 0 Å². The Morgan fingerprint density at radius 3 is 2.79 bits per heavy atom. The number of hydrogen-bond donors (Lipinski definition) is 1. The second-order valence-electron chi connectivity index (χ2n) is 6.87. The van der Waals surface area contributed by atoms with Crippen molar-refractivity contribution in [1.29, 1.82) is 0 Å². The van der Waals surface area contributed by atoms with Crippen LogP contribution >= 0.6 is 0 Å². The maximum atomic E-state index is 12.6. The summed E-state index contributed by atoms with van der Waals surface area (Å²) in [4.78, 5) is 19.2. The van der Waals surface area contributed by atoms with Crippen molar-refractivity contribution in [3.05, 3.63) is 24.2 Å². The zero-order valence-corrected chi connectivity index (χ0v) is 14.4. The van der Waals surface area contributed by atoms with Crippen molar-refractivity contribution in [3.8, 4) is 0 Å². The summed E-state index contributed by atoms with van der Waals surface area (Å²) < 4.78 is 5.40. The van der Waals surface area contributed by atoms with Gasteiger partial charge in [-0.2, -0.15) is 0 Å². The molecule has 6 heteroatoms. The third-order valence-electron chi connectivity index (χ3n) is 5.22. The minimum absolute atomic E-state index is 0.246. The van der Waals surface area contributed by atoms with Gasteiger partial charge in [0, 0.05) is 38.8 Å². The molecule has 1 atom stereocenters. The molecule has 1 aromatic heterocycles. The van der Waals surface area contributed by atoms with Crippen molar-refractivity contribution in [2.45, 2.75) is 38.3 Å². The van der Waals surface area contributed by atoms with E-state index in [2.05, 4.69) is 9.80 Å². The first-order valence-electron chi connectivity index (χ1n) is 9.13. The van der Waals surface area contributed by atoms with E-state index in [-0.39, 0.29) is 12.5 Å². The number of amides is 1. The summed E-state index contributed by atoms with van der Waals surface area (Å²) in [5.74, 6) is 1.24. The van der Waals surface area contributed by atoms with Crippen LogP contribution in [0.3, 0.4) is 0 Å². The molecular weight excluding hydrogens is 306 g/mol. The number of carbonyl (C=O) groups is 1. The Hall–Kier alpha value is -1.37. The van der Waals surface area contributed by atoms with Crippen molar-refractivity contribution < 1.29 is 14.3 Å². The molecule has 0 bridgehead atoms. The molecule has 134 valence electrons. The monoisotopic (exact) mass is 335 g/mol. The summed E-state index contributed by atoms with van der Waals surface area (Å²) >= 11 is 0. The average Bonchev–Trinajstić information content (AvgIpc) is 3.25. The average molecular weight is 335 g/mol. The first kappa shape index (κ1) is 17.5. The van der Waals surface area contributed by atoms with Crippen LogP contribution in [-0.2, 0) is 11.3 Å². The predicted molar refractivity (Wildman–Crippen MR) is 91.5 cm³/mol. The van der Waals surface area contributed by atoms with E-state index in [1.165, 1.54) is 6.42 Å². The van der Waals surface area contributed by atoms with Crippen LogP contribution in [0.1, 0.15) is 31.4 Å². The van der Waals surface area contributed by atoms with Crippen molar-refractivity contribution in [3.63, 3.8) is 0 Å². The molecule has 2 saturated heterocycles. The van der Waals surface area contributed by atoms with Crippen LogP contribution in [-0.4, -0.2) is 77.6 Å². The Morgan fingerprint density at radius 2 is 2.08 bits per heavy atom. The number of nitrogens with zero attached hydrogens (tertiary/aromatic N) is 3. The Labute approximate surface area is 144 Å². The lowest BCUT2D eigenvalue weighted by Gasteiger charge is -2.35. The molecule has 2 aliphatic rings. The highest BCUT2D eigenvalue weighted by molar-refractivity contribution is 5.78. The van der Waals surface area contributed by atoms with Crippen molar-refractivity contribution in [2.24, 2.45) is 0 Å². The molecule has 1 aromatic rings. The fourth-order valence-corrected chi connectivity index (χ4v) is 3.81. The van der Waals surface area contributed by atoms with Crippen LogP contribution in [0.2, 0.25) is 0 Å². The van der Waals surface area contributed by atoms with E-state index >= 15 is 0 Å². The van der Waals surface area contributed by atoms with Gasteiger partial charge in [0.05, 0.1) is 19.4 Å². The second kappa shape index (κ2) is 8.65. The van der Waals surface area contributed by atoms with Crippen LogP contribution in [0, 0.1) is 0 Å². The van der Waals surface area contributed by atoms with Crippen LogP contribution < -0.4 is 0 Å². The lowest BCUT2D eigenvalue weighted by Crippen LogP contribution is -2.51. The molecule has 2 fully saturated rings. The number of aliphatic hydroxyl groups excluding tert-OH is 1. The molecular formula is C18H29N3O3. The van der Waals surface area contributed by atoms with Gasteiger partial charge in [0.1, 0.15) is 5.76 Å². The van der Waals surface area contributed by atoms with Gasteiger partial charge in [-0.05, 0) is 44.4 Å². The summed E-state index contributed by atoms with van der Waals surface area (Å²) in [7, 11) is 0. The van der Waals surface area contributed by atoms with Gasteiger partial charge in [0.25, 0.3) is 0 Å². The topological polar surface area (TPSA) is 60.2 Å². The second-order valence-corrected chi connectivity index (χ2v) is 6.87. The van der Waals surface area contributed by atoms with Crippen LogP contribution in [0.5, 0.6) is 0 Å². The fraction of sp³-hybridized carbons (Fsp3) is 0.722. The molecule has 24 heavy (non-hydrogen) atoms. The predicted octanol–water partition coefficient (Wildman–Crippen LogP) is 1.16. The number of rotatable bonds is 7. The number of hydrogen-bond acceptors (Lipinski definition) is 5. The van der Waals surface area contributed by atoms with Gasteiger partial charge in [-0.15, -0.1) is 0 Å². The highest BCUT2D eigenvalue weighted by Crippen LogP contribution is 2.21. The number of furan rings is 1. The Kier molecular flexibility index (Phi) is 6.29. The Balaban J connectivity index is 1.41. The minimum Gasteiger partial charge on any atom is -0.468 e. The quantitative estimate of drug-likeness (QED) is 0.810. The molecule has 1 amide bonds. The van der Waals surface area contributed by atoms with E-state index in [0.29, 0.717) is 12.6 Å². The van der Waals surface area contributed by atoms with Crippen molar-refractivity contribution >= 4 is 5.91 Å². The zero-order valence-electron chi connectivity index (χ0n) is 14.4. The molecule has 2 aliphatic heterocycles. The van der Waals surface area contributed by atoms with Gasteiger partial charge in [0.15, 0.2) is 0 Å². The fourth-order valence-electron chi connectivity index (χ4n) is 3.81. The molecule has 1 N–H and O–H groups in total. The summed E-state index contributed by atoms with van der Waals surface area (Å²) in [5.41, 5.74) is 0. The maximum Gasteiger partial charge on any atom is 0.236 e. The van der Waals surface area contributed by atoms with Crippen LogP contribution in [0.25, 0.3) is 0 Å². The van der Waals surface area contributed by atoms with Crippen LogP contribution in [0.15, 0.2) is 22.8 Å². The SMILES string of the molecule is O=C(CN1CCCC1CCCO)N1CCN(Cc2ccco2)CC1. The summed E-state index contributed by atoms with van der Waals surface area (Å²) in [6.07, 6.45) is 5.87. The van der Waals surface area contributed by atoms with E-state index in [1.807, 2.05) is 17.0 Å². The van der Waals surface area contributed by atoms with Crippen molar-refractivity contribution in [2.75, 3.05) is 45.9 Å². The first-order valence-corrected chi connectivity index (χ1v) is 9.13. The molecule has 3 heterocycles. The van der Waals surface area contributed by atoms with E-state index in [4.69, 9.17) is 9.52 Å². The maximum absolute atomic E-state index is 12.6. The highest BCUT2D eigenvalue weighted by Gasteiger charge is 2.28. The van der Waals surface area contributed by atoms with Gasteiger partial charge in [-0.3, -0.25) is 14.6 Å². The smallest absolute Gasteiger partial charge is 0.236 e. The standard InChI is InChI=1S/C18H29N3O3/c22-12-2-5-16-4-1-7-21(16)15-18(23)20-10-8-19(9-11-20)14-17-6-3-13-24-17/h3,6,13,16,22H,1-2,4-5,7-12,14-15H2. The van der Waals surface area contributed by atoms with Gasteiger partial charge in [0.2, 0.25) is 5.91 Å². The summed E-state index contributed by atoms with van der Waals surface area (Å²) in [6, 6.07) is 4.39. The molecule has 0 aliphatic carbocycles. The molecule has 0 aromatic carbocycles. The summed E-state index contributed by atoms with van der Waals surface area (Å²) in [6.45, 7) is 6.03. The number of carbonyl (C=O) groups excluding carboxylic acids is 1. The normalized spacial score (nSPS) is 23.0. The van der Waals surface area contributed by atoms with E-state index in [9.17, 15) is 4.79 Å². The van der Waals surface area contributed by atoms with Gasteiger partial charge >= 0.3 is 0 Å². The minimum atomic E-state index is 0.246. The van der Waals surface area contributed by atoms with E-state index in [1.54, 1.807) is 6.26 Å². The lowest BCUT2D eigenvalue weighted by atomic mass is 10.1. The summed E-state index contributed by atoms with van der Waals surface area (Å²) in [5, 5.41) is 9.01. The molecule has 6 nitrogen and oxygen atoms in total. The van der Waals surface area contributed by atoms with Gasteiger partial charge < -0.3 is 14.4 Å². The zero-order chi connectivity index (χ0) is 16.8. The molecule has 1 unspecified atom stereocenters. The molecule has 3 rings (SSSR count). The largest absolute Gasteiger partial charge is 0.468 e. The lowest BCUT2D eigenvalue weighted by molar-refractivity contribution is -0.134. The first-order chi connectivity index (χ1) is 11.8. The molecule has 0 radical (unpaired) electrons. The van der Waals surface area contributed by atoms with E-state index in [0.717, 1.165) is 64.3 Å². The highest BCUT2D eigenvalue weighted by atomic mass is 16.3. The van der Waals surface area contributed by atoms with Gasteiger partial charge in [-0.25, -0.2) is 0 Å². The molecule has 0 saturated carbocycles. The number of piperazine rings is 1.